The molecule has 1 aliphatic heterocycles. The van der Waals surface area contributed by atoms with Crippen molar-refractivity contribution in [2.75, 3.05) is 19.7 Å². The summed E-state index contributed by atoms with van der Waals surface area (Å²) in [5.74, 6) is 1.79. The fourth-order valence-electron chi connectivity index (χ4n) is 1.91. The zero-order chi connectivity index (χ0) is 11.4. The molecule has 0 aliphatic carbocycles. The Balaban J connectivity index is 2.05. The molecule has 0 radical (unpaired) electrons. The van der Waals surface area contributed by atoms with Crippen molar-refractivity contribution >= 4 is 0 Å². The number of rotatable bonds is 4. The van der Waals surface area contributed by atoms with Gasteiger partial charge in [0.15, 0.2) is 0 Å². The average molecular weight is 225 g/mol. The molecule has 0 spiro atoms. The van der Waals surface area contributed by atoms with Crippen molar-refractivity contribution < 1.29 is 9.26 Å². The van der Waals surface area contributed by atoms with E-state index in [1.54, 1.807) is 0 Å². The van der Waals surface area contributed by atoms with Crippen molar-refractivity contribution in [3.63, 3.8) is 0 Å². The van der Waals surface area contributed by atoms with Gasteiger partial charge in [0.25, 0.3) is 0 Å². The lowest BCUT2D eigenvalue weighted by molar-refractivity contribution is 0.0208. The molecule has 1 aliphatic rings. The van der Waals surface area contributed by atoms with Crippen molar-refractivity contribution in [2.45, 2.75) is 38.7 Å². The van der Waals surface area contributed by atoms with E-state index in [2.05, 4.69) is 29.3 Å². The van der Waals surface area contributed by atoms with E-state index in [9.17, 15) is 0 Å². The van der Waals surface area contributed by atoms with Crippen LogP contribution in [0, 0.1) is 0 Å². The van der Waals surface area contributed by atoms with Gasteiger partial charge in [0.2, 0.25) is 11.7 Å². The van der Waals surface area contributed by atoms with Crippen LogP contribution in [0.15, 0.2) is 4.52 Å². The van der Waals surface area contributed by atoms with Gasteiger partial charge in [-0.15, -0.1) is 0 Å². The Hall–Kier alpha value is -0.940. The molecule has 0 aromatic carbocycles. The molecule has 2 rings (SSSR count). The summed E-state index contributed by atoms with van der Waals surface area (Å²) in [6.45, 7) is 6.64. The maximum absolute atomic E-state index is 5.58. The number of nitrogens with one attached hydrogen (secondary N) is 1. The van der Waals surface area contributed by atoms with E-state index >= 15 is 0 Å². The SMILES string of the molecule is CCC(CC)c1nc(C2CNCCO2)no1. The number of morpholine rings is 1. The monoisotopic (exact) mass is 225 g/mol. The minimum atomic E-state index is -0.0550. The molecule has 16 heavy (non-hydrogen) atoms. The summed E-state index contributed by atoms with van der Waals surface area (Å²) >= 11 is 0. The van der Waals surface area contributed by atoms with Crippen LogP contribution in [-0.2, 0) is 4.74 Å². The Bertz CT molecular complexity index is 317. The van der Waals surface area contributed by atoms with Gasteiger partial charge in [-0.25, -0.2) is 0 Å². The van der Waals surface area contributed by atoms with Gasteiger partial charge in [0, 0.05) is 19.0 Å². The topological polar surface area (TPSA) is 60.2 Å². The average Bonchev–Trinajstić information content (AvgIpc) is 2.81. The van der Waals surface area contributed by atoms with Crippen LogP contribution in [0.2, 0.25) is 0 Å². The summed E-state index contributed by atoms with van der Waals surface area (Å²) in [7, 11) is 0. The molecule has 2 heterocycles. The quantitative estimate of drug-likeness (QED) is 0.844. The van der Waals surface area contributed by atoms with Gasteiger partial charge in [-0.1, -0.05) is 19.0 Å². The van der Waals surface area contributed by atoms with Crippen LogP contribution >= 0.6 is 0 Å². The van der Waals surface area contributed by atoms with Gasteiger partial charge in [0.1, 0.15) is 6.10 Å². The standard InChI is InChI=1S/C11H19N3O2/c1-3-8(4-2)11-13-10(14-16-11)9-7-12-5-6-15-9/h8-9,12H,3-7H2,1-2H3. The fraction of sp³-hybridized carbons (Fsp3) is 0.818. The van der Waals surface area contributed by atoms with Crippen LogP contribution in [0.5, 0.6) is 0 Å². The predicted octanol–water partition coefficient (Wildman–Crippen LogP) is 1.63. The molecule has 1 aromatic rings. The lowest BCUT2D eigenvalue weighted by atomic mass is 10.0. The molecule has 5 heteroatoms. The third kappa shape index (κ3) is 2.41. The van der Waals surface area contributed by atoms with E-state index in [0.29, 0.717) is 18.3 Å². The van der Waals surface area contributed by atoms with Crippen LogP contribution in [0.25, 0.3) is 0 Å². The Labute approximate surface area is 95.6 Å². The van der Waals surface area contributed by atoms with Crippen molar-refractivity contribution in [3.05, 3.63) is 11.7 Å². The number of hydrogen-bond acceptors (Lipinski definition) is 5. The summed E-state index contributed by atoms with van der Waals surface area (Å²) in [6, 6.07) is 0. The molecular formula is C11H19N3O2. The van der Waals surface area contributed by atoms with E-state index in [1.165, 1.54) is 0 Å². The van der Waals surface area contributed by atoms with Gasteiger partial charge in [-0.3, -0.25) is 0 Å². The first-order valence-corrected chi connectivity index (χ1v) is 6.01. The molecule has 1 saturated heterocycles. The van der Waals surface area contributed by atoms with Crippen molar-refractivity contribution in [1.29, 1.82) is 0 Å². The van der Waals surface area contributed by atoms with Crippen molar-refractivity contribution in [1.82, 2.24) is 15.5 Å². The molecule has 0 saturated carbocycles. The number of nitrogens with zero attached hydrogens (tertiary/aromatic N) is 2. The second-order valence-electron chi connectivity index (χ2n) is 4.07. The molecule has 5 nitrogen and oxygen atoms in total. The zero-order valence-corrected chi connectivity index (χ0v) is 9.90. The van der Waals surface area contributed by atoms with E-state index in [-0.39, 0.29) is 6.10 Å². The lowest BCUT2D eigenvalue weighted by Gasteiger charge is -2.20. The number of ether oxygens (including phenoxy) is 1. The second kappa shape index (κ2) is 5.41. The second-order valence-corrected chi connectivity index (χ2v) is 4.07. The molecule has 1 N–H and O–H groups in total. The first-order chi connectivity index (χ1) is 7.85. The molecule has 1 aromatic heterocycles. The summed E-state index contributed by atoms with van der Waals surface area (Å²) in [6.07, 6.45) is 2.00. The maximum Gasteiger partial charge on any atom is 0.229 e. The van der Waals surface area contributed by atoms with Gasteiger partial charge in [0.05, 0.1) is 6.61 Å². The minimum Gasteiger partial charge on any atom is -0.367 e. The third-order valence-corrected chi connectivity index (χ3v) is 3.01. The highest BCUT2D eigenvalue weighted by molar-refractivity contribution is 4.97. The summed E-state index contributed by atoms with van der Waals surface area (Å²) in [4.78, 5) is 4.43. The number of hydrogen-bond donors (Lipinski definition) is 1. The van der Waals surface area contributed by atoms with Crippen LogP contribution in [0.4, 0.5) is 0 Å². The molecular weight excluding hydrogens is 206 g/mol. The van der Waals surface area contributed by atoms with Crippen molar-refractivity contribution in [3.8, 4) is 0 Å². The van der Waals surface area contributed by atoms with Crippen LogP contribution in [0.3, 0.4) is 0 Å². The molecule has 1 unspecified atom stereocenters. The molecule has 1 fully saturated rings. The highest BCUT2D eigenvalue weighted by Gasteiger charge is 2.23. The molecule has 1 atom stereocenters. The largest absolute Gasteiger partial charge is 0.367 e. The van der Waals surface area contributed by atoms with E-state index < -0.39 is 0 Å². The summed E-state index contributed by atoms with van der Waals surface area (Å²) in [5, 5.41) is 7.26. The Kier molecular flexibility index (Phi) is 3.90. The highest BCUT2D eigenvalue weighted by atomic mass is 16.5. The van der Waals surface area contributed by atoms with Crippen LogP contribution in [0.1, 0.15) is 50.4 Å². The van der Waals surface area contributed by atoms with Crippen molar-refractivity contribution in [2.24, 2.45) is 0 Å². The smallest absolute Gasteiger partial charge is 0.229 e. The first-order valence-electron chi connectivity index (χ1n) is 6.01. The fourth-order valence-corrected chi connectivity index (χ4v) is 1.91. The van der Waals surface area contributed by atoms with E-state index in [4.69, 9.17) is 9.26 Å². The van der Waals surface area contributed by atoms with Gasteiger partial charge >= 0.3 is 0 Å². The van der Waals surface area contributed by atoms with E-state index in [0.717, 1.165) is 31.8 Å². The Morgan fingerprint density at radius 1 is 1.44 bits per heavy atom. The lowest BCUT2D eigenvalue weighted by Crippen LogP contribution is -2.33. The molecule has 0 amide bonds. The van der Waals surface area contributed by atoms with Crippen LogP contribution in [-0.4, -0.2) is 29.8 Å². The van der Waals surface area contributed by atoms with Gasteiger partial charge in [-0.05, 0) is 12.8 Å². The zero-order valence-electron chi connectivity index (χ0n) is 9.90. The van der Waals surface area contributed by atoms with Crippen LogP contribution < -0.4 is 5.32 Å². The maximum atomic E-state index is 5.58. The predicted molar refractivity (Wildman–Crippen MR) is 59.2 cm³/mol. The third-order valence-electron chi connectivity index (χ3n) is 3.01. The van der Waals surface area contributed by atoms with Gasteiger partial charge < -0.3 is 14.6 Å². The summed E-state index contributed by atoms with van der Waals surface area (Å²) in [5.41, 5.74) is 0. The first kappa shape index (κ1) is 11.5. The van der Waals surface area contributed by atoms with E-state index in [1.807, 2.05) is 0 Å². The molecule has 0 bridgehead atoms. The highest BCUT2D eigenvalue weighted by Crippen LogP contribution is 2.23. The Morgan fingerprint density at radius 3 is 2.88 bits per heavy atom. The number of aromatic nitrogens is 2. The molecule has 90 valence electrons. The van der Waals surface area contributed by atoms with Gasteiger partial charge in [-0.2, -0.15) is 4.98 Å². The Morgan fingerprint density at radius 2 is 2.25 bits per heavy atom. The normalized spacial score (nSPS) is 21.6. The minimum absolute atomic E-state index is 0.0550. The summed E-state index contributed by atoms with van der Waals surface area (Å²) < 4.78 is 10.9.